The van der Waals surface area contributed by atoms with E-state index in [2.05, 4.69) is 10.1 Å². The number of carbonyl (C=O) groups is 1. The van der Waals surface area contributed by atoms with Gasteiger partial charge in [-0.1, -0.05) is 5.16 Å². The van der Waals surface area contributed by atoms with Gasteiger partial charge in [0.1, 0.15) is 5.84 Å². The van der Waals surface area contributed by atoms with E-state index in [1.165, 1.54) is 0 Å². The molecular formula is C12H20N4O3. The number of aryl methyl sites for hydroxylation is 2. The molecule has 0 aliphatic carbocycles. The van der Waals surface area contributed by atoms with Gasteiger partial charge >= 0.3 is 0 Å². The number of carbonyl (C=O) groups excluding carboxylic acids is 1. The third-order valence-corrected chi connectivity index (χ3v) is 2.72. The fourth-order valence-corrected chi connectivity index (χ4v) is 1.74. The number of hydrogen-bond acceptors (Lipinski definition) is 5. The molecule has 0 saturated heterocycles. The van der Waals surface area contributed by atoms with Crippen LogP contribution in [0.5, 0.6) is 0 Å². The number of nitrogens with zero attached hydrogens (tertiary/aromatic N) is 3. The van der Waals surface area contributed by atoms with Crippen molar-refractivity contribution in [1.82, 2.24) is 9.88 Å². The Labute approximate surface area is 112 Å². The molecule has 0 fully saturated rings. The SMILES string of the molecule is Cc1nc(C)c(C(=O)N(CCC(N)=NO)C(C)C)o1. The Morgan fingerprint density at radius 3 is 2.58 bits per heavy atom. The van der Waals surface area contributed by atoms with Crippen molar-refractivity contribution in [3.05, 3.63) is 17.3 Å². The zero-order valence-electron chi connectivity index (χ0n) is 11.7. The van der Waals surface area contributed by atoms with Gasteiger partial charge in [0, 0.05) is 25.9 Å². The third kappa shape index (κ3) is 3.70. The summed E-state index contributed by atoms with van der Waals surface area (Å²) in [4.78, 5) is 18.1. The normalized spacial score (nSPS) is 11.9. The number of nitrogens with two attached hydrogens (primary N) is 1. The van der Waals surface area contributed by atoms with Gasteiger partial charge in [-0.25, -0.2) is 4.98 Å². The molecule has 0 saturated carbocycles. The summed E-state index contributed by atoms with van der Waals surface area (Å²) in [6.45, 7) is 7.56. The van der Waals surface area contributed by atoms with Crippen molar-refractivity contribution < 1.29 is 14.4 Å². The number of amidine groups is 1. The lowest BCUT2D eigenvalue weighted by Gasteiger charge is -2.25. The summed E-state index contributed by atoms with van der Waals surface area (Å²) in [5, 5.41) is 11.4. The van der Waals surface area contributed by atoms with Gasteiger partial charge in [0.25, 0.3) is 5.91 Å². The Bertz CT molecular complexity index is 479. The number of hydrogen-bond donors (Lipinski definition) is 2. The van der Waals surface area contributed by atoms with Gasteiger partial charge in [-0.3, -0.25) is 4.79 Å². The van der Waals surface area contributed by atoms with Crippen LogP contribution in [-0.4, -0.2) is 39.4 Å². The fourth-order valence-electron chi connectivity index (χ4n) is 1.74. The average Bonchev–Trinajstić information content (AvgIpc) is 2.67. The van der Waals surface area contributed by atoms with E-state index in [0.717, 1.165) is 0 Å². The molecule has 1 aromatic rings. The van der Waals surface area contributed by atoms with Gasteiger partial charge in [0.15, 0.2) is 5.89 Å². The second-order valence-electron chi connectivity index (χ2n) is 4.58. The molecule has 7 nitrogen and oxygen atoms in total. The van der Waals surface area contributed by atoms with Crippen LogP contribution in [-0.2, 0) is 0 Å². The highest BCUT2D eigenvalue weighted by Crippen LogP contribution is 2.14. The zero-order chi connectivity index (χ0) is 14.6. The van der Waals surface area contributed by atoms with Crippen LogP contribution in [0.15, 0.2) is 9.57 Å². The van der Waals surface area contributed by atoms with Crippen LogP contribution in [0.1, 0.15) is 42.4 Å². The fraction of sp³-hybridized carbons (Fsp3) is 0.583. The van der Waals surface area contributed by atoms with Crippen molar-refractivity contribution in [2.75, 3.05) is 6.54 Å². The topological polar surface area (TPSA) is 105 Å². The lowest BCUT2D eigenvalue weighted by Crippen LogP contribution is -2.39. The minimum atomic E-state index is -0.237. The molecule has 0 bridgehead atoms. The molecule has 0 spiro atoms. The minimum Gasteiger partial charge on any atom is -0.436 e. The third-order valence-electron chi connectivity index (χ3n) is 2.72. The highest BCUT2D eigenvalue weighted by Gasteiger charge is 2.24. The first kappa shape index (κ1) is 15.0. The summed E-state index contributed by atoms with van der Waals surface area (Å²) in [7, 11) is 0. The Hall–Kier alpha value is -2.05. The molecule has 0 atom stereocenters. The molecule has 0 aliphatic rings. The molecule has 7 heteroatoms. The monoisotopic (exact) mass is 268 g/mol. The average molecular weight is 268 g/mol. The summed E-state index contributed by atoms with van der Waals surface area (Å²) in [6.07, 6.45) is 0.298. The van der Waals surface area contributed by atoms with Crippen molar-refractivity contribution in [1.29, 1.82) is 0 Å². The Balaban J connectivity index is 2.87. The lowest BCUT2D eigenvalue weighted by molar-refractivity contribution is 0.0676. The van der Waals surface area contributed by atoms with Crippen molar-refractivity contribution in [3.63, 3.8) is 0 Å². The van der Waals surface area contributed by atoms with E-state index < -0.39 is 0 Å². The van der Waals surface area contributed by atoms with Gasteiger partial charge in [-0.05, 0) is 20.8 Å². The summed E-state index contributed by atoms with van der Waals surface area (Å²) < 4.78 is 5.33. The molecule has 0 unspecified atom stereocenters. The predicted molar refractivity (Wildman–Crippen MR) is 70.2 cm³/mol. The van der Waals surface area contributed by atoms with E-state index in [1.54, 1.807) is 18.7 Å². The van der Waals surface area contributed by atoms with Gasteiger partial charge in [0.2, 0.25) is 5.76 Å². The molecule has 0 aromatic carbocycles. The molecule has 0 aliphatic heterocycles. The molecule has 19 heavy (non-hydrogen) atoms. The number of aromatic nitrogens is 1. The molecule has 3 N–H and O–H groups in total. The summed E-state index contributed by atoms with van der Waals surface area (Å²) in [5.41, 5.74) is 5.99. The van der Waals surface area contributed by atoms with E-state index in [-0.39, 0.29) is 23.5 Å². The first-order chi connectivity index (χ1) is 8.86. The van der Waals surface area contributed by atoms with Gasteiger partial charge in [-0.2, -0.15) is 0 Å². The minimum absolute atomic E-state index is 0.0243. The van der Waals surface area contributed by atoms with Crippen molar-refractivity contribution >= 4 is 11.7 Å². The van der Waals surface area contributed by atoms with Crippen LogP contribution in [0, 0.1) is 13.8 Å². The Morgan fingerprint density at radius 1 is 1.53 bits per heavy atom. The Morgan fingerprint density at radius 2 is 2.16 bits per heavy atom. The molecule has 106 valence electrons. The van der Waals surface area contributed by atoms with E-state index in [9.17, 15) is 4.79 Å². The summed E-state index contributed by atoms with van der Waals surface area (Å²) in [5.74, 6) is 0.550. The lowest BCUT2D eigenvalue weighted by atomic mass is 10.2. The highest BCUT2D eigenvalue weighted by atomic mass is 16.4. The van der Waals surface area contributed by atoms with Crippen molar-refractivity contribution in [2.24, 2.45) is 10.9 Å². The van der Waals surface area contributed by atoms with Crippen molar-refractivity contribution in [2.45, 2.75) is 40.2 Å². The number of oxime groups is 1. The maximum Gasteiger partial charge on any atom is 0.291 e. The standard InChI is InChI=1S/C12H20N4O3/c1-7(2)16(6-5-10(13)15-18)12(17)11-8(3)14-9(4)19-11/h7,18H,5-6H2,1-4H3,(H2,13,15). The van der Waals surface area contributed by atoms with Crippen LogP contribution >= 0.6 is 0 Å². The first-order valence-corrected chi connectivity index (χ1v) is 6.08. The molecule has 1 aromatic heterocycles. The smallest absolute Gasteiger partial charge is 0.291 e. The van der Waals surface area contributed by atoms with Crippen molar-refractivity contribution in [3.8, 4) is 0 Å². The first-order valence-electron chi connectivity index (χ1n) is 6.08. The second-order valence-corrected chi connectivity index (χ2v) is 4.58. The Kier molecular flexibility index (Phi) is 4.91. The molecule has 1 rings (SSSR count). The van der Waals surface area contributed by atoms with Crippen LogP contribution in [0.2, 0.25) is 0 Å². The van der Waals surface area contributed by atoms with Crippen LogP contribution in [0.3, 0.4) is 0 Å². The molecular weight excluding hydrogens is 248 g/mol. The van der Waals surface area contributed by atoms with Gasteiger partial charge in [0.05, 0.1) is 5.69 Å². The van der Waals surface area contributed by atoms with Gasteiger partial charge < -0.3 is 20.3 Å². The summed E-state index contributed by atoms with van der Waals surface area (Å²) in [6, 6.07) is -0.0243. The van der Waals surface area contributed by atoms with Crippen LogP contribution in [0.25, 0.3) is 0 Å². The number of amides is 1. The van der Waals surface area contributed by atoms with E-state index in [4.69, 9.17) is 15.4 Å². The largest absolute Gasteiger partial charge is 0.436 e. The molecule has 1 amide bonds. The van der Waals surface area contributed by atoms with E-state index in [1.807, 2.05) is 13.8 Å². The number of oxazole rings is 1. The molecule has 1 heterocycles. The van der Waals surface area contributed by atoms with E-state index >= 15 is 0 Å². The van der Waals surface area contributed by atoms with E-state index in [0.29, 0.717) is 24.6 Å². The van der Waals surface area contributed by atoms with Gasteiger partial charge in [-0.15, -0.1) is 0 Å². The maximum atomic E-state index is 12.4. The summed E-state index contributed by atoms with van der Waals surface area (Å²) >= 11 is 0. The quantitative estimate of drug-likeness (QED) is 0.362. The predicted octanol–water partition coefficient (Wildman–Crippen LogP) is 1.28. The van der Waals surface area contributed by atoms with Crippen LogP contribution in [0.4, 0.5) is 0 Å². The molecule has 0 radical (unpaired) electrons. The van der Waals surface area contributed by atoms with Crippen LogP contribution < -0.4 is 5.73 Å². The zero-order valence-corrected chi connectivity index (χ0v) is 11.7. The maximum absolute atomic E-state index is 12.4. The number of rotatable bonds is 5. The highest BCUT2D eigenvalue weighted by molar-refractivity contribution is 5.93. The second kappa shape index (κ2) is 6.21.